The minimum absolute atomic E-state index is 0.0855. The van der Waals surface area contributed by atoms with Gasteiger partial charge in [0.15, 0.2) is 0 Å². The predicted octanol–water partition coefficient (Wildman–Crippen LogP) is 2.60. The summed E-state index contributed by atoms with van der Waals surface area (Å²) in [5.41, 5.74) is 1.84. The Kier molecular flexibility index (Phi) is 10.9. The molecule has 2 rings (SSSR count). The summed E-state index contributed by atoms with van der Waals surface area (Å²) >= 11 is 0. The Bertz CT molecular complexity index is 950. The first kappa shape index (κ1) is 27.7. The average molecular weight is 490 g/mol. The summed E-state index contributed by atoms with van der Waals surface area (Å²) in [6.07, 6.45) is 1.28. The Morgan fingerprint density at radius 3 is 1.94 bits per heavy atom. The third-order valence-corrected chi connectivity index (χ3v) is 6.75. The lowest BCUT2D eigenvalue weighted by atomic mass is 10.0. The molecule has 0 saturated carbocycles. The molecule has 186 valence electrons. The number of hydrogen-bond donors (Lipinski definition) is 5. The summed E-state index contributed by atoms with van der Waals surface area (Å²) < 4.78 is 12.3. The van der Waals surface area contributed by atoms with Crippen LogP contribution < -0.4 is 16.0 Å². The molecule has 0 heterocycles. The van der Waals surface area contributed by atoms with Crippen molar-refractivity contribution in [2.24, 2.45) is 5.92 Å². The van der Waals surface area contributed by atoms with Crippen molar-refractivity contribution in [3.63, 3.8) is 0 Å². The third-order valence-electron chi connectivity index (χ3n) is 5.53. The maximum absolute atomic E-state index is 13.2. The van der Waals surface area contributed by atoms with E-state index < -0.39 is 31.4 Å². The largest absolute Gasteiger partial charge is 0.357 e. The molecule has 0 aromatic heterocycles. The number of amides is 2. The second-order valence-corrected chi connectivity index (χ2v) is 10.6. The van der Waals surface area contributed by atoms with Crippen LogP contribution in [-0.4, -0.2) is 46.5 Å². The molecule has 0 bridgehead atoms. The Balaban J connectivity index is 2.17. The van der Waals surface area contributed by atoms with Crippen molar-refractivity contribution in [3.05, 3.63) is 71.8 Å². The molecule has 2 amide bonds. The predicted molar refractivity (Wildman–Crippen MR) is 133 cm³/mol. The molecule has 0 aliphatic rings. The molecule has 0 aliphatic carbocycles. The fourth-order valence-electron chi connectivity index (χ4n) is 3.76. The smallest absolute Gasteiger partial charge is 0.342 e. The summed E-state index contributed by atoms with van der Waals surface area (Å²) in [7, 11) is -3.03. The van der Waals surface area contributed by atoms with E-state index in [0.29, 0.717) is 19.3 Å². The number of nitrogens with one attached hydrogen (secondary N) is 3. The van der Waals surface area contributed by atoms with Crippen molar-refractivity contribution in [2.75, 3.05) is 7.05 Å². The molecule has 3 atom stereocenters. The van der Waals surface area contributed by atoms with Crippen LogP contribution in [0.15, 0.2) is 60.7 Å². The number of likely N-dealkylation sites (N-methyl/N-ethyl adjacent to an activating group) is 1. The Hall–Kier alpha value is -2.51. The monoisotopic (exact) mass is 489 g/mol. The van der Waals surface area contributed by atoms with Crippen molar-refractivity contribution >= 4 is 19.4 Å². The van der Waals surface area contributed by atoms with Crippen LogP contribution in [-0.2, 0) is 27.0 Å². The zero-order valence-corrected chi connectivity index (χ0v) is 20.9. The van der Waals surface area contributed by atoms with Gasteiger partial charge in [-0.3, -0.25) is 19.5 Å². The molecular weight excluding hydrogens is 453 g/mol. The quantitative estimate of drug-likeness (QED) is 0.275. The normalized spacial score (nSPS) is 14.3. The topological polar surface area (TPSA) is 128 Å². The van der Waals surface area contributed by atoms with Crippen LogP contribution in [0.5, 0.6) is 0 Å². The van der Waals surface area contributed by atoms with Crippen molar-refractivity contribution in [3.8, 4) is 0 Å². The van der Waals surface area contributed by atoms with Crippen molar-refractivity contribution in [1.29, 1.82) is 0 Å². The molecule has 5 N–H and O–H groups in total. The highest BCUT2D eigenvalue weighted by Gasteiger charge is 2.34. The Labute approximate surface area is 201 Å². The SMILES string of the molecule is CNC(=O)C(Cc1ccccc1)NC(=O)[C@H](CC(C)C)N[C@H](CCc1ccccc1)P(=O)(O)O. The summed E-state index contributed by atoms with van der Waals surface area (Å²) in [5.74, 6) is -1.90. The van der Waals surface area contributed by atoms with Gasteiger partial charge in [-0.05, 0) is 36.3 Å². The fraction of sp³-hybridized carbons (Fsp3) is 0.440. The minimum atomic E-state index is -4.53. The van der Waals surface area contributed by atoms with Crippen LogP contribution in [0.25, 0.3) is 0 Å². The average Bonchev–Trinajstić information content (AvgIpc) is 2.80. The molecule has 0 fully saturated rings. The fourth-order valence-corrected chi connectivity index (χ4v) is 4.60. The van der Waals surface area contributed by atoms with Crippen LogP contribution >= 0.6 is 7.60 Å². The number of rotatable bonds is 13. The van der Waals surface area contributed by atoms with Crippen LogP contribution in [0.1, 0.15) is 37.8 Å². The lowest BCUT2D eigenvalue weighted by molar-refractivity contribution is -0.130. The zero-order chi connectivity index (χ0) is 25.1. The standard InChI is InChI=1S/C25H36N3O5P/c1-18(2)16-21(27-23(34(31,32)33)15-14-19-10-6-4-7-11-19)25(30)28-22(24(29)26-3)17-20-12-8-5-9-13-20/h4-13,18,21-23,27H,14-17H2,1-3H3,(H,26,29)(H,28,30)(H2,31,32,33)/t21-,22?,23-/m0/s1. The van der Waals surface area contributed by atoms with Gasteiger partial charge in [0.05, 0.1) is 6.04 Å². The summed E-state index contributed by atoms with van der Waals surface area (Å²) in [6.45, 7) is 3.86. The summed E-state index contributed by atoms with van der Waals surface area (Å²) in [6, 6.07) is 17.1. The molecule has 0 saturated heterocycles. The van der Waals surface area contributed by atoms with Crippen LogP contribution in [0, 0.1) is 5.92 Å². The minimum Gasteiger partial charge on any atom is -0.357 e. The molecule has 8 nitrogen and oxygen atoms in total. The lowest BCUT2D eigenvalue weighted by Crippen LogP contribution is -2.55. The highest BCUT2D eigenvalue weighted by molar-refractivity contribution is 7.52. The maximum Gasteiger partial charge on any atom is 0.342 e. The van der Waals surface area contributed by atoms with E-state index in [0.717, 1.165) is 11.1 Å². The molecule has 0 spiro atoms. The molecule has 0 radical (unpaired) electrons. The van der Waals surface area contributed by atoms with Gasteiger partial charge in [0.2, 0.25) is 11.8 Å². The van der Waals surface area contributed by atoms with Gasteiger partial charge >= 0.3 is 7.60 Å². The van der Waals surface area contributed by atoms with Crippen LogP contribution in [0.3, 0.4) is 0 Å². The van der Waals surface area contributed by atoms with Crippen molar-refractivity contribution < 1.29 is 23.9 Å². The highest BCUT2D eigenvalue weighted by Crippen LogP contribution is 2.42. The summed E-state index contributed by atoms with van der Waals surface area (Å²) in [5, 5.41) is 8.28. The number of hydrogen-bond acceptors (Lipinski definition) is 4. The van der Waals surface area contributed by atoms with Gasteiger partial charge in [0, 0.05) is 13.5 Å². The van der Waals surface area contributed by atoms with Gasteiger partial charge in [0.25, 0.3) is 0 Å². The number of carbonyl (C=O) groups is 2. The third kappa shape index (κ3) is 9.39. The first-order valence-electron chi connectivity index (χ1n) is 11.5. The molecule has 9 heteroatoms. The van der Waals surface area contributed by atoms with E-state index >= 15 is 0 Å². The molecule has 2 aromatic rings. The van der Waals surface area contributed by atoms with Gasteiger partial charge in [-0.1, -0.05) is 74.5 Å². The molecule has 1 unspecified atom stereocenters. The first-order chi connectivity index (χ1) is 16.1. The summed E-state index contributed by atoms with van der Waals surface area (Å²) in [4.78, 5) is 45.6. The second kappa shape index (κ2) is 13.4. The van der Waals surface area contributed by atoms with Gasteiger partial charge < -0.3 is 20.4 Å². The van der Waals surface area contributed by atoms with E-state index in [1.54, 1.807) is 0 Å². The molecule has 34 heavy (non-hydrogen) atoms. The van der Waals surface area contributed by atoms with Gasteiger partial charge in [0.1, 0.15) is 11.8 Å². The molecule has 0 aliphatic heterocycles. The van der Waals surface area contributed by atoms with Crippen LogP contribution in [0.2, 0.25) is 0 Å². The van der Waals surface area contributed by atoms with E-state index in [4.69, 9.17) is 0 Å². The number of benzene rings is 2. The first-order valence-corrected chi connectivity index (χ1v) is 13.2. The lowest BCUT2D eigenvalue weighted by Gasteiger charge is -2.28. The van der Waals surface area contributed by atoms with E-state index in [1.807, 2.05) is 74.5 Å². The van der Waals surface area contributed by atoms with Gasteiger partial charge in [-0.25, -0.2) is 0 Å². The number of carbonyl (C=O) groups excluding carboxylic acids is 2. The molecular formula is C25H36N3O5P. The van der Waals surface area contributed by atoms with Gasteiger partial charge in [-0.15, -0.1) is 0 Å². The van der Waals surface area contributed by atoms with Gasteiger partial charge in [-0.2, -0.15) is 0 Å². The highest BCUT2D eigenvalue weighted by atomic mass is 31.2. The van der Waals surface area contributed by atoms with E-state index in [1.165, 1.54) is 7.05 Å². The Morgan fingerprint density at radius 1 is 0.882 bits per heavy atom. The Morgan fingerprint density at radius 2 is 1.44 bits per heavy atom. The number of aryl methyl sites for hydroxylation is 1. The van der Waals surface area contributed by atoms with Crippen LogP contribution in [0.4, 0.5) is 0 Å². The zero-order valence-electron chi connectivity index (χ0n) is 20.0. The van der Waals surface area contributed by atoms with Crippen molar-refractivity contribution in [2.45, 2.75) is 57.4 Å². The van der Waals surface area contributed by atoms with E-state index in [9.17, 15) is 23.9 Å². The maximum atomic E-state index is 13.2. The van der Waals surface area contributed by atoms with E-state index in [2.05, 4.69) is 16.0 Å². The second-order valence-electron chi connectivity index (χ2n) is 8.84. The van der Waals surface area contributed by atoms with Crippen molar-refractivity contribution in [1.82, 2.24) is 16.0 Å². The van der Waals surface area contributed by atoms with E-state index in [-0.39, 0.29) is 18.2 Å². The molecule has 2 aromatic carbocycles.